The molecule has 444 valence electrons. The average Bonchev–Trinajstić information content (AvgIpc) is 3.56. The monoisotopic (exact) mass is 1150 g/mol. The second kappa shape index (κ2) is 21.3. The summed E-state index contributed by atoms with van der Waals surface area (Å²) in [5.41, 5.74) is 6.20. The molecule has 0 radical (unpaired) electrons. The van der Waals surface area contributed by atoms with Gasteiger partial charge in [-0.15, -0.1) is 11.8 Å². The summed E-state index contributed by atoms with van der Waals surface area (Å²) in [7, 11) is 8.31. The van der Waals surface area contributed by atoms with Gasteiger partial charge in [0, 0.05) is 83.1 Å². The SMILES string of the molecule is COc1cc(OC)c2c(c1)S(=O)C[C@@H]1[C@@]3(C)CCCC(C)(C)[C@@H]3CC[C@@]21C.COc1cc(OC)c2c(c1)S(=O)C[C@@H]1[C@@]3(C)CCCC(C)(C)[C@@H]3CC[C@@]21C.COc1cc(OC)c2c(c1)SC[C@@H]1[C@@]3(C)CCCC(C)(C)[C@@H]3CC[C@@]21C. The molecule has 0 spiro atoms. The van der Waals surface area contributed by atoms with Crippen molar-refractivity contribution in [2.24, 2.45) is 68.0 Å². The molecule has 3 heterocycles. The lowest BCUT2D eigenvalue weighted by Gasteiger charge is -2.64. The fourth-order valence-corrected chi connectivity index (χ4v) is 27.2. The Morgan fingerprint density at radius 1 is 0.388 bits per heavy atom. The van der Waals surface area contributed by atoms with Crippen LogP contribution < -0.4 is 28.4 Å². The highest BCUT2D eigenvalue weighted by Gasteiger charge is 2.64. The van der Waals surface area contributed by atoms with Gasteiger partial charge >= 0.3 is 0 Å². The van der Waals surface area contributed by atoms with Gasteiger partial charge in [-0.3, -0.25) is 8.42 Å². The zero-order chi connectivity index (χ0) is 58.0. The zero-order valence-electron chi connectivity index (χ0n) is 52.6. The van der Waals surface area contributed by atoms with E-state index in [4.69, 9.17) is 28.4 Å². The van der Waals surface area contributed by atoms with Crippen LogP contribution in [0.5, 0.6) is 34.5 Å². The second-order valence-electron chi connectivity index (χ2n) is 30.2. The van der Waals surface area contributed by atoms with Crippen LogP contribution >= 0.6 is 11.8 Å². The molecule has 0 amide bonds. The zero-order valence-corrected chi connectivity index (χ0v) is 55.1. The first kappa shape index (κ1) is 60.2. The molecule has 8 nitrogen and oxygen atoms in total. The Morgan fingerprint density at radius 3 is 1.06 bits per heavy atom. The number of thioether (sulfide) groups is 1. The first-order valence-corrected chi connectivity index (χ1v) is 34.4. The van der Waals surface area contributed by atoms with Gasteiger partial charge in [0.2, 0.25) is 0 Å². The van der Waals surface area contributed by atoms with Gasteiger partial charge in [0.25, 0.3) is 0 Å². The van der Waals surface area contributed by atoms with E-state index in [1.165, 1.54) is 111 Å². The Balaban J connectivity index is 0.000000135. The number of methoxy groups -OCH3 is 6. The molecule has 3 aromatic rings. The fourth-order valence-electron chi connectivity index (χ4n) is 21.3. The Bertz CT molecular complexity index is 2750. The molecule has 14 atom stereocenters. The van der Waals surface area contributed by atoms with E-state index in [2.05, 4.69) is 95.2 Å². The third-order valence-electron chi connectivity index (χ3n) is 25.1. The summed E-state index contributed by atoms with van der Waals surface area (Å²) in [6.45, 7) is 29.8. The molecule has 3 aromatic carbocycles. The predicted molar refractivity (Wildman–Crippen MR) is 330 cm³/mol. The number of hydrogen-bond acceptors (Lipinski definition) is 9. The van der Waals surface area contributed by atoms with Crippen LogP contribution in [0.15, 0.2) is 51.1 Å². The van der Waals surface area contributed by atoms with Gasteiger partial charge in [-0.05, 0) is 163 Å². The lowest BCUT2D eigenvalue weighted by Crippen LogP contribution is -2.59. The quantitative estimate of drug-likeness (QED) is 0.239. The summed E-state index contributed by atoms with van der Waals surface area (Å²) in [6, 6.07) is 12.2. The van der Waals surface area contributed by atoms with Crippen LogP contribution in [0.4, 0.5) is 0 Å². The standard InChI is InChI=1S/2C23H34O3S.C23H34O2S/c2*1-21(2)9-7-10-22(3)18(21)8-11-23(4)19(22)14-27(24)17-13-15(25-5)12-16(26-6)20(17)23;1-21(2)9-7-10-22(3)18(21)8-11-23(4)19(22)14-26-17-13-15(24-5)12-16(25-6)20(17)23/h2*12-13,18-19H,7-11,14H2,1-6H3;12-13,18-19H,7-11,14H2,1-6H3/t2*18-,19+,22-,23+,27?;18-,19+,22-,23+/m000/s1. The van der Waals surface area contributed by atoms with Gasteiger partial charge in [-0.1, -0.05) is 102 Å². The Morgan fingerprint density at radius 2 is 0.713 bits per heavy atom. The molecule has 0 N–H and O–H groups in total. The lowest BCUT2D eigenvalue weighted by atomic mass is 9.43. The van der Waals surface area contributed by atoms with Gasteiger partial charge in [0.15, 0.2) is 0 Å². The van der Waals surface area contributed by atoms with Crippen LogP contribution in [0, 0.1) is 68.0 Å². The van der Waals surface area contributed by atoms with Crippen molar-refractivity contribution in [3.63, 3.8) is 0 Å². The molecule has 2 unspecified atom stereocenters. The second-order valence-corrected chi connectivity index (χ2v) is 34.2. The minimum absolute atomic E-state index is 0.0134. The number of rotatable bonds is 6. The minimum Gasteiger partial charge on any atom is -0.497 e. The molecular weight excluding hydrogens is 1050 g/mol. The van der Waals surface area contributed by atoms with E-state index in [-0.39, 0.29) is 27.1 Å². The fraction of sp³-hybridized carbons (Fsp3) is 0.739. The first-order valence-electron chi connectivity index (χ1n) is 30.8. The summed E-state index contributed by atoms with van der Waals surface area (Å²) in [4.78, 5) is 3.24. The van der Waals surface area contributed by atoms with Crippen molar-refractivity contribution in [1.29, 1.82) is 0 Å². The van der Waals surface area contributed by atoms with E-state index >= 15 is 0 Å². The van der Waals surface area contributed by atoms with E-state index in [1.54, 1.807) is 35.5 Å². The van der Waals surface area contributed by atoms with Gasteiger partial charge in [-0.2, -0.15) is 0 Å². The van der Waals surface area contributed by atoms with Crippen molar-refractivity contribution in [3.05, 3.63) is 53.1 Å². The molecule has 9 aliphatic rings. The summed E-state index contributed by atoms with van der Waals surface area (Å²) in [6.07, 6.45) is 19.3. The summed E-state index contributed by atoms with van der Waals surface area (Å²) in [5, 5.41) is 0. The third kappa shape index (κ3) is 9.34. The summed E-state index contributed by atoms with van der Waals surface area (Å²) < 4.78 is 60.8. The lowest BCUT2D eigenvalue weighted by molar-refractivity contribution is -0.0982. The highest BCUT2D eigenvalue weighted by Crippen LogP contribution is 2.71. The average molecular weight is 1160 g/mol. The van der Waals surface area contributed by atoms with Crippen molar-refractivity contribution in [1.82, 2.24) is 0 Å². The van der Waals surface area contributed by atoms with E-state index < -0.39 is 21.6 Å². The normalized spacial score (nSPS) is 39.1. The van der Waals surface area contributed by atoms with Crippen LogP contribution in [0.1, 0.15) is 196 Å². The molecule has 6 aliphatic carbocycles. The van der Waals surface area contributed by atoms with Crippen molar-refractivity contribution >= 4 is 33.4 Å². The summed E-state index contributed by atoms with van der Waals surface area (Å²) >= 11 is 2.03. The van der Waals surface area contributed by atoms with Crippen LogP contribution in [-0.4, -0.2) is 68.3 Å². The van der Waals surface area contributed by atoms with Crippen molar-refractivity contribution in [2.45, 2.75) is 210 Å². The van der Waals surface area contributed by atoms with Crippen LogP contribution in [0.2, 0.25) is 0 Å². The molecular formula is C69H102O8S3. The first-order chi connectivity index (χ1) is 37.6. The predicted octanol–water partition coefficient (Wildman–Crippen LogP) is 17.0. The number of ether oxygens (including phenoxy) is 6. The van der Waals surface area contributed by atoms with Crippen molar-refractivity contribution in [2.75, 3.05) is 59.9 Å². The molecule has 3 aliphatic heterocycles. The van der Waals surface area contributed by atoms with E-state index in [0.717, 1.165) is 74.6 Å². The maximum absolute atomic E-state index is 13.4. The van der Waals surface area contributed by atoms with Crippen LogP contribution in [0.25, 0.3) is 0 Å². The Labute approximate surface area is 493 Å². The highest BCUT2D eigenvalue weighted by atomic mass is 32.2. The van der Waals surface area contributed by atoms with Crippen molar-refractivity contribution in [3.8, 4) is 34.5 Å². The van der Waals surface area contributed by atoms with Gasteiger partial charge in [-0.25, -0.2) is 0 Å². The molecule has 6 fully saturated rings. The van der Waals surface area contributed by atoms with E-state index in [1.807, 2.05) is 43.1 Å². The molecule has 11 heteroatoms. The Kier molecular flexibility index (Phi) is 16.0. The van der Waals surface area contributed by atoms with Crippen LogP contribution in [-0.2, 0) is 37.8 Å². The molecule has 0 saturated heterocycles. The topological polar surface area (TPSA) is 89.5 Å². The van der Waals surface area contributed by atoms with Crippen LogP contribution in [0.3, 0.4) is 0 Å². The van der Waals surface area contributed by atoms with E-state index in [9.17, 15) is 8.42 Å². The van der Waals surface area contributed by atoms with E-state index in [0.29, 0.717) is 51.2 Å². The molecule has 12 rings (SSSR count). The molecule has 0 bridgehead atoms. The number of benzene rings is 3. The Hall–Kier alpha value is -2.89. The summed E-state index contributed by atoms with van der Waals surface area (Å²) in [5.74, 6) is 11.7. The third-order valence-corrected chi connectivity index (χ3v) is 29.1. The highest BCUT2D eigenvalue weighted by molar-refractivity contribution is 7.99. The molecule has 0 aromatic heterocycles. The number of fused-ring (bicyclic) bond motifs is 15. The smallest absolute Gasteiger partial charge is 0.127 e. The van der Waals surface area contributed by atoms with Gasteiger partial charge in [0.05, 0.1) is 64.3 Å². The molecule has 6 saturated carbocycles. The minimum atomic E-state index is -1.01. The van der Waals surface area contributed by atoms with Gasteiger partial charge in [0.1, 0.15) is 34.5 Å². The maximum atomic E-state index is 13.4. The van der Waals surface area contributed by atoms with Gasteiger partial charge < -0.3 is 28.4 Å². The molecule has 80 heavy (non-hydrogen) atoms. The number of hydrogen-bond donors (Lipinski definition) is 0. The van der Waals surface area contributed by atoms with Crippen molar-refractivity contribution < 1.29 is 36.8 Å². The maximum Gasteiger partial charge on any atom is 0.127 e. The largest absolute Gasteiger partial charge is 0.497 e.